The van der Waals surface area contributed by atoms with Crippen LogP contribution in [0.3, 0.4) is 0 Å². The summed E-state index contributed by atoms with van der Waals surface area (Å²) in [6.45, 7) is 5.45. The van der Waals surface area contributed by atoms with Crippen LogP contribution in [0.15, 0.2) is 30.9 Å². The second kappa shape index (κ2) is 4.92. The molecule has 4 nitrogen and oxygen atoms in total. The third-order valence-corrected chi connectivity index (χ3v) is 6.32. The maximum absolute atomic E-state index is 12.3. The Hall–Kier alpha value is -1.65. The molecule has 2 N–H and O–H groups in total. The number of phenols is 1. The number of carbonyl (C=O) groups is 1. The maximum atomic E-state index is 12.3. The molecule has 0 spiro atoms. The highest BCUT2D eigenvalue weighted by molar-refractivity contribution is 5.82. The van der Waals surface area contributed by atoms with Crippen molar-refractivity contribution in [1.82, 2.24) is 4.90 Å². The summed E-state index contributed by atoms with van der Waals surface area (Å²) in [5.74, 6) is 0.437. The van der Waals surface area contributed by atoms with Gasteiger partial charge in [0.15, 0.2) is 0 Å². The molecule has 1 aromatic carbocycles. The lowest BCUT2D eigenvalue weighted by Crippen LogP contribution is -2.73. The van der Waals surface area contributed by atoms with Crippen molar-refractivity contribution in [3.8, 4) is 5.75 Å². The van der Waals surface area contributed by atoms with Gasteiger partial charge in [0.05, 0.1) is 5.60 Å². The lowest BCUT2D eigenvalue weighted by molar-refractivity contribution is -0.170. The van der Waals surface area contributed by atoms with Crippen LogP contribution in [0.2, 0.25) is 0 Å². The molecule has 2 fully saturated rings. The van der Waals surface area contributed by atoms with E-state index in [-0.39, 0.29) is 17.6 Å². The van der Waals surface area contributed by atoms with Crippen molar-refractivity contribution in [3.05, 3.63) is 42.0 Å². The summed E-state index contributed by atoms with van der Waals surface area (Å²) in [5, 5.41) is 21.7. The molecule has 3 aliphatic rings. The highest BCUT2D eigenvalue weighted by atomic mass is 16.3. The fourth-order valence-corrected chi connectivity index (χ4v) is 5.27. The molecule has 2 aliphatic carbocycles. The van der Waals surface area contributed by atoms with E-state index in [1.807, 2.05) is 12.1 Å². The molecular weight excluding hydrogens is 290 g/mol. The van der Waals surface area contributed by atoms with Gasteiger partial charge in [-0.2, -0.15) is 0 Å². The second-order valence-corrected chi connectivity index (χ2v) is 7.32. The fourth-order valence-electron chi connectivity index (χ4n) is 5.27. The van der Waals surface area contributed by atoms with Crippen LogP contribution in [-0.2, 0) is 16.6 Å². The molecule has 0 unspecified atom stereocenters. The monoisotopic (exact) mass is 313 g/mol. The fraction of sp³-hybridized carbons (Fsp3) is 0.526. The average Bonchev–Trinajstić information content (AvgIpc) is 2.52. The minimum Gasteiger partial charge on any atom is -0.508 e. The van der Waals surface area contributed by atoms with E-state index in [2.05, 4.69) is 11.5 Å². The van der Waals surface area contributed by atoms with E-state index in [0.29, 0.717) is 19.3 Å². The topological polar surface area (TPSA) is 60.8 Å². The molecule has 1 aliphatic heterocycles. The van der Waals surface area contributed by atoms with Gasteiger partial charge in [0.2, 0.25) is 0 Å². The van der Waals surface area contributed by atoms with Gasteiger partial charge in [-0.3, -0.25) is 9.69 Å². The number of hydrogen-bond acceptors (Lipinski definition) is 4. The van der Waals surface area contributed by atoms with Crippen LogP contribution < -0.4 is 0 Å². The van der Waals surface area contributed by atoms with Crippen molar-refractivity contribution in [2.24, 2.45) is 0 Å². The number of piperidine rings is 1. The Morgan fingerprint density at radius 2 is 2.22 bits per heavy atom. The van der Waals surface area contributed by atoms with Crippen molar-refractivity contribution < 1.29 is 15.0 Å². The zero-order valence-corrected chi connectivity index (χ0v) is 13.3. The normalized spacial score (nSPS) is 36.2. The van der Waals surface area contributed by atoms with Crippen molar-refractivity contribution in [2.75, 3.05) is 13.1 Å². The van der Waals surface area contributed by atoms with Gasteiger partial charge < -0.3 is 10.2 Å². The summed E-state index contributed by atoms with van der Waals surface area (Å²) in [5.41, 5.74) is 0.698. The van der Waals surface area contributed by atoms with Crippen molar-refractivity contribution in [1.29, 1.82) is 0 Å². The molecule has 0 aromatic heterocycles. The number of Topliss-reactive ketones (excluding diaryl/α,β-unsaturated/α-hetero) is 1. The van der Waals surface area contributed by atoms with E-state index in [9.17, 15) is 15.0 Å². The summed E-state index contributed by atoms with van der Waals surface area (Å²) in [6.07, 6.45) is 4.74. The quantitative estimate of drug-likeness (QED) is 0.819. The second-order valence-electron chi connectivity index (χ2n) is 7.32. The highest BCUT2D eigenvalue weighted by Gasteiger charge is 2.64. The summed E-state index contributed by atoms with van der Waals surface area (Å²) in [6, 6.07) is 5.45. The average molecular weight is 313 g/mol. The Bertz CT molecular complexity index is 685. The lowest BCUT2D eigenvalue weighted by atomic mass is 9.49. The zero-order valence-electron chi connectivity index (χ0n) is 13.3. The molecule has 3 atom stereocenters. The number of phenolic OH excluding ortho intramolecular Hbond substituents is 1. The number of ketones is 1. The van der Waals surface area contributed by atoms with E-state index >= 15 is 0 Å². The molecule has 0 amide bonds. The van der Waals surface area contributed by atoms with Gasteiger partial charge in [0.1, 0.15) is 11.5 Å². The van der Waals surface area contributed by atoms with Crippen LogP contribution in [0.25, 0.3) is 0 Å². The molecule has 4 heteroatoms. The predicted octanol–water partition coefficient (Wildman–Crippen LogP) is 1.93. The Kier molecular flexibility index (Phi) is 3.19. The van der Waals surface area contributed by atoms with Gasteiger partial charge in [0.25, 0.3) is 0 Å². The van der Waals surface area contributed by atoms with E-state index in [0.717, 1.165) is 37.1 Å². The highest BCUT2D eigenvalue weighted by Crippen LogP contribution is 2.57. The Labute approximate surface area is 136 Å². The van der Waals surface area contributed by atoms with E-state index in [1.54, 1.807) is 12.1 Å². The summed E-state index contributed by atoms with van der Waals surface area (Å²) in [7, 11) is 0. The number of carbonyl (C=O) groups excluding carboxylic acids is 1. The van der Waals surface area contributed by atoms with E-state index in [4.69, 9.17) is 0 Å². The summed E-state index contributed by atoms with van der Waals surface area (Å²) >= 11 is 0. The minimum absolute atomic E-state index is 0.0133. The molecule has 1 saturated heterocycles. The van der Waals surface area contributed by atoms with Crippen LogP contribution in [-0.4, -0.2) is 45.6 Å². The number of nitrogens with zero attached hydrogens (tertiary/aromatic N) is 1. The first-order valence-corrected chi connectivity index (χ1v) is 8.41. The first-order valence-electron chi connectivity index (χ1n) is 8.41. The Balaban J connectivity index is 1.92. The number of benzene rings is 1. The largest absolute Gasteiger partial charge is 0.508 e. The van der Waals surface area contributed by atoms with Crippen molar-refractivity contribution in [2.45, 2.75) is 49.2 Å². The Morgan fingerprint density at radius 3 is 3.00 bits per heavy atom. The van der Waals surface area contributed by atoms with Crippen molar-refractivity contribution >= 4 is 5.78 Å². The van der Waals surface area contributed by atoms with Gasteiger partial charge >= 0.3 is 0 Å². The maximum Gasteiger partial charge on any atom is 0.134 e. The van der Waals surface area contributed by atoms with Gasteiger partial charge in [-0.05, 0) is 49.1 Å². The molecule has 2 bridgehead atoms. The molecule has 1 saturated carbocycles. The number of likely N-dealkylation sites (tertiary alicyclic amines) is 1. The van der Waals surface area contributed by atoms with Gasteiger partial charge in [-0.15, -0.1) is 6.58 Å². The molecular formula is C19H23NO3. The van der Waals surface area contributed by atoms with Crippen LogP contribution in [0, 0.1) is 0 Å². The predicted molar refractivity (Wildman–Crippen MR) is 87.5 cm³/mol. The lowest BCUT2D eigenvalue weighted by Gasteiger charge is -2.63. The number of hydrogen-bond donors (Lipinski definition) is 2. The zero-order chi connectivity index (χ0) is 16.2. The molecule has 1 heterocycles. The number of rotatable bonds is 2. The summed E-state index contributed by atoms with van der Waals surface area (Å²) in [4.78, 5) is 14.6. The van der Waals surface area contributed by atoms with Gasteiger partial charge in [0, 0.05) is 30.8 Å². The van der Waals surface area contributed by atoms with Crippen molar-refractivity contribution in [3.63, 3.8) is 0 Å². The third-order valence-electron chi connectivity index (χ3n) is 6.32. The molecule has 23 heavy (non-hydrogen) atoms. The molecule has 0 radical (unpaired) electrons. The van der Waals surface area contributed by atoms with E-state index in [1.165, 1.54) is 0 Å². The number of fused-ring (bicyclic) bond motifs is 1. The number of aromatic hydroxyl groups is 1. The standard InChI is InChI=1S/C19H23NO3/c1-2-8-20-9-7-18-12-15(22)5-6-19(18,23)17(20)10-13-3-4-14(21)11-16(13)18/h2-4,11,17,21,23H,1,5-10,12H2/t17-,18+,19-/m1/s1. The number of aliphatic hydroxyl groups is 1. The van der Waals surface area contributed by atoms with Gasteiger partial charge in [-0.25, -0.2) is 0 Å². The first-order chi connectivity index (χ1) is 11.0. The third kappa shape index (κ3) is 1.88. The van der Waals surface area contributed by atoms with Gasteiger partial charge in [-0.1, -0.05) is 12.1 Å². The molecule has 4 rings (SSSR count). The first kappa shape index (κ1) is 14.9. The molecule has 1 aromatic rings. The minimum atomic E-state index is -0.900. The van der Waals surface area contributed by atoms with E-state index < -0.39 is 11.0 Å². The van der Waals surface area contributed by atoms with Crippen LogP contribution >= 0.6 is 0 Å². The SMILES string of the molecule is C=CCN1CC[C@@]23CC(=O)CC[C@@]2(O)[C@H]1Cc1ccc(O)cc13. The summed E-state index contributed by atoms with van der Waals surface area (Å²) < 4.78 is 0. The van der Waals surface area contributed by atoms with Crippen LogP contribution in [0.1, 0.15) is 36.8 Å². The molecule has 122 valence electrons. The smallest absolute Gasteiger partial charge is 0.134 e. The van der Waals surface area contributed by atoms with Crippen LogP contribution in [0.5, 0.6) is 5.75 Å². The van der Waals surface area contributed by atoms with Crippen LogP contribution in [0.4, 0.5) is 0 Å². The Morgan fingerprint density at radius 1 is 1.39 bits per heavy atom.